The van der Waals surface area contributed by atoms with Crippen LogP contribution in [0.3, 0.4) is 0 Å². The monoisotopic (exact) mass is 278 g/mol. The fourth-order valence-electron chi connectivity index (χ4n) is 2.10. The highest BCUT2D eigenvalue weighted by atomic mass is 32.1. The first kappa shape index (κ1) is 13.8. The van der Waals surface area contributed by atoms with Crippen LogP contribution in [0.5, 0.6) is 5.75 Å². The van der Waals surface area contributed by atoms with E-state index >= 15 is 0 Å². The van der Waals surface area contributed by atoms with Gasteiger partial charge in [-0.25, -0.2) is 0 Å². The Labute approximate surface area is 118 Å². The summed E-state index contributed by atoms with van der Waals surface area (Å²) in [4.78, 5) is 12.4. The lowest BCUT2D eigenvalue weighted by Gasteiger charge is -2.17. The number of rotatable bonds is 6. The van der Waals surface area contributed by atoms with E-state index in [1.165, 1.54) is 0 Å². The van der Waals surface area contributed by atoms with Crippen molar-refractivity contribution in [1.82, 2.24) is 5.32 Å². The van der Waals surface area contributed by atoms with Gasteiger partial charge in [0.15, 0.2) is 0 Å². The SMILES string of the molecule is COc1ccccc1CC(=O)NC(C(N)=S)C1CC1. The van der Waals surface area contributed by atoms with Crippen LogP contribution in [0.15, 0.2) is 24.3 Å². The molecule has 3 N–H and O–H groups in total. The molecule has 1 aliphatic rings. The van der Waals surface area contributed by atoms with E-state index in [0.717, 1.165) is 24.2 Å². The molecular formula is C14H18N2O2S. The predicted molar refractivity (Wildman–Crippen MR) is 78.1 cm³/mol. The van der Waals surface area contributed by atoms with Gasteiger partial charge in [0.1, 0.15) is 5.75 Å². The summed E-state index contributed by atoms with van der Waals surface area (Å²) in [7, 11) is 1.60. The second kappa shape index (κ2) is 6.02. The largest absolute Gasteiger partial charge is 0.496 e. The van der Waals surface area contributed by atoms with E-state index in [9.17, 15) is 4.79 Å². The zero-order chi connectivity index (χ0) is 13.8. The Bertz CT molecular complexity index is 486. The molecular weight excluding hydrogens is 260 g/mol. The van der Waals surface area contributed by atoms with Gasteiger partial charge in [0.2, 0.25) is 5.91 Å². The van der Waals surface area contributed by atoms with Crippen molar-refractivity contribution >= 4 is 23.1 Å². The van der Waals surface area contributed by atoms with Crippen molar-refractivity contribution in [3.05, 3.63) is 29.8 Å². The smallest absolute Gasteiger partial charge is 0.225 e. The van der Waals surface area contributed by atoms with Crippen molar-refractivity contribution in [3.8, 4) is 5.75 Å². The van der Waals surface area contributed by atoms with E-state index in [2.05, 4.69) is 5.32 Å². The highest BCUT2D eigenvalue weighted by Crippen LogP contribution is 2.32. The first-order valence-corrected chi connectivity index (χ1v) is 6.73. The van der Waals surface area contributed by atoms with Crippen LogP contribution in [-0.2, 0) is 11.2 Å². The summed E-state index contributed by atoms with van der Waals surface area (Å²) in [6.07, 6.45) is 2.43. The zero-order valence-electron chi connectivity index (χ0n) is 10.9. The number of carbonyl (C=O) groups is 1. The normalized spacial score (nSPS) is 15.6. The van der Waals surface area contributed by atoms with E-state index in [-0.39, 0.29) is 18.4 Å². The second-order valence-electron chi connectivity index (χ2n) is 4.77. The van der Waals surface area contributed by atoms with E-state index in [0.29, 0.717) is 10.9 Å². The molecule has 0 saturated heterocycles. The molecule has 0 spiro atoms. The molecule has 5 heteroatoms. The van der Waals surface area contributed by atoms with Gasteiger partial charge in [0.25, 0.3) is 0 Å². The van der Waals surface area contributed by atoms with Crippen molar-refractivity contribution < 1.29 is 9.53 Å². The number of nitrogens with two attached hydrogens (primary N) is 1. The third-order valence-corrected chi connectivity index (χ3v) is 3.51. The number of carbonyl (C=O) groups excluding carboxylic acids is 1. The number of methoxy groups -OCH3 is 1. The van der Waals surface area contributed by atoms with Crippen molar-refractivity contribution in [2.24, 2.45) is 11.7 Å². The van der Waals surface area contributed by atoms with Crippen LogP contribution < -0.4 is 15.8 Å². The number of hydrogen-bond acceptors (Lipinski definition) is 3. The molecule has 1 aliphatic carbocycles. The number of nitrogens with one attached hydrogen (secondary N) is 1. The molecule has 2 rings (SSSR count). The molecule has 0 heterocycles. The van der Waals surface area contributed by atoms with Gasteiger partial charge in [0, 0.05) is 5.56 Å². The van der Waals surface area contributed by atoms with Crippen LogP contribution >= 0.6 is 12.2 Å². The third-order valence-electron chi connectivity index (χ3n) is 3.26. The Morgan fingerprint density at radius 3 is 2.79 bits per heavy atom. The van der Waals surface area contributed by atoms with Crippen LogP contribution in [0.4, 0.5) is 0 Å². The zero-order valence-corrected chi connectivity index (χ0v) is 11.7. The number of benzene rings is 1. The molecule has 0 bridgehead atoms. The average Bonchev–Trinajstić information content (AvgIpc) is 3.20. The molecule has 1 saturated carbocycles. The van der Waals surface area contributed by atoms with Crippen LogP contribution in [0.25, 0.3) is 0 Å². The number of ether oxygens (including phenoxy) is 1. The van der Waals surface area contributed by atoms with Gasteiger partial charge in [-0.3, -0.25) is 4.79 Å². The topological polar surface area (TPSA) is 64.3 Å². The number of thiocarbonyl (C=S) groups is 1. The molecule has 1 fully saturated rings. The molecule has 1 unspecified atom stereocenters. The van der Waals surface area contributed by atoms with Crippen LogP contribution in [0, 0.1) is 5.92 Å². The van der Waals surface area contributed by atoms with Crippen molar-refractivity contribution in [2.45, 2.75) is 25.3 Å². The molecule has 1 atom stereocenters. The molecule has 1 amide bonds. The predicted octanol–water partition coefficient (Wildman–Crippen LogP) is 1.42. The Morgan fingerprint density at radius 1 is 1.53 bits per heavy atom. The maximum Gasteiger partial charge on any atom is 0.225 e. The first-order valence-electron chi connectivity index (χ1n) is 6.32. The lowest BCUT2D eigenvalue weighted by atomic mass is 10.1. The quantitative estimate of drug-likeness (QED) is 0.772. The fourth-order valence-corrected chi connectivity index (χ4v) is 2.35. The van der Waals surface area contributed by atoms with Gasteiger partial charge < -0.3 is 15.8 Å². The highest BCUT2D eigenvalue weighted by molar-refractivity contribution is 7.80. The van der Waals surface area contributed by atoms with E-state index < -0.39 is 0 Å². The maximum absolute atomic E-state index is 12.0. The second-order valence-corrected chi connectivity index (χ2v) is 5.25. The van der Waals surface area contributed by atoms with Crippen molar-refractivity contribution in [1.29, 1.82) is 0 Å². The Balaban J connectivity index is 1.98. The van der Waals surface area contributed by atoms with E-state index in [4.69, 9.17) is 22.7 Å². The van der Waals surface area contributed by atoms with Crippen LogP contribution in [0.2, 0.25) is 0 Å². The molecule has 4 nitrogen and oxygen atoms in total. The minimum Gasteiger partial charge on any atom is -0.496 e. The van der Waals surface area contributed by atoms with E-state index in [1.807, 2.05) is 24.3 Å². The standard InChI is InChI=1S/C14H18N2O2S/c1-18-11-5-3-2-4-10(11)8-12(17)16-13(14(15)19)9-6-7-9/h2-5,9,13H,6-8H2,1H3,(H2,15,19)(H,16,17). The van der Waals surface area contributed by atoms with Gasteiger partial charge in [-0.1, -0.05) is 30.4 Å². The highest BCUT2D eigenvalue weighted by Gasteiger charge is 2.34. The molecule has 1 aromatic rings. The number of para-hydroxylation sites is 1. The summed E-state index contributed by atoms with van der Waals surface area (Å²) < 4.78 is 5.23. The van der Waals surface area contributed by atoms with Crippen LogP contribution in [0.1, 0.15) is 18.4 Å². The lowest BCUT2D eigenvalue weighted by molar-refractivity contribution is -0.120. The molecule has 19 heavy (non-hydrogen) atoms. The molecule has 0 aliphatic heterocycles. The minimum atomic E-state index is -0.169. The summed E-state index contributed by atoms with van der Waals surface area (Å²) in [5.41, 5.74) is 6.53. The number of hydrogen-bond donors (Lipinski definition) is 2. The average molecular weight is 278 g/mol. The molecule has 0 radical (unpaired) electrons. The van der Waals surface area contributed by atoms with Crippen LogP contribution in [-0.4, -0.2) is 24.0 Å². The van der Waals surface area contributed by atoms with Crippen molar-refractivity contribution in [3.63, 3.8) is 0 Å². The summed E-state index contributed by atoms with van der Waals surface area (Å²) in [6.45, 7) is 0. The number of amides is 1. The molecule has 0 aromatic heterocycles. The van der Waals surface area contributed by atoms with Gasteiger partial charge in [0.05, 0.1) is 24.6 Å². The van der Waals surface area contributed by atoms with Crippen molar-refractivity contribution in [2.75, 3.05) is 7.11 Å². The summed E-state index contributed by atoms with van der Waals surface area (Å²) in [5, 5.41) is 2.92. The summed E-state index contributed by atoms with van der Waals surface area (Å²) >= 11 is 5.00. The van der Waals surface area contributed by atoms with Gasteiger partial charge in [-0.05, 0) is 24.8 Å². The minimum absolute atomic E-state index is 0.0748. The molecule has 1 aromatic carbocycles. The third kappa shape index (κ3) is 3.67. The Morgan fingerprint density at radius 2 is 2.21 bits per heavy atom. The Kier molecular flexibility index (Phi) is 4.37. The fraction of sp³-hybridized carbons (Fsp3) is 0.429. The van der Waals surface area contributed by atoms with Gasteiger partial charge in [-0.2, -0.15) is 0 Å². The first-order chi connectivity index (χ1) is 9.11. The lowest BCUT2D eigenvalue weighted by Crippen LogP contribution is -2.45. The molecule has 102 valence electrons. The van der Waals surface area contributed by atoms with Gasteiger partial charge in [-0.15, -0.1) is 0 Å². The van der Waals surface area contributed by atoms with E-state index in [1.54, 1.807) is 7.11 Å². The summed E-state index contributed by atoms with van der Waals surface area (Å²) in [5.74, 6) is 1.06. The summed E-state index contributed by atoms with van der Waals surface area (Å²) in [6, 6.07) is 7.32. The maximum atomic E-state index is 12.0. The Hall–Kier alpha value is -1.62. The van der Waals surface area contributed by atoms with Gasteiger partial charge >= 0.3 is 0 Å².